The van der Waals surface area contributed by atoms with Crippen LogP contribution in [0.2, 0.25) is 0 Å². The lowest BCUT2D eigenvalue weighted by Crippen LogP contribution is -2.15. The molecule has 0 aliphatic carbocycles. The van der Waals surface area contributed by atoms with Crippen LogP contribution in [0.4, 0.5) is 11.4 Å². The maximum absolute atomic E-state index is 12.5. The van der Waals surface area contributed by atoms with Crippen LogP contribution in [0, 0.1) is 12.8 Å². The summed E-state index contributed by atoms with van der Waals surface area (Å²) >= 11 is 0. The molecule has 0 saturated heterocycles. The van der Waals surface area contributed by atoms with Crippen LogP contribution in [0.3, 0.4) is 0 Å². The van der Waals surface area contributed by atoms with Gasteiger partial charge in [-0.05, 0) is 61.2 Å². The lowest BCUT2D eigenvalue weighted by atomic mass is 10.1. The highest BCUT2D eigenvalue weighted by Crippen LogP contribution is 2.24. The standard InChI is InChI=1S/C22H28N2O3/c1-5-21(25)23-19-7-6-8-20(16(19)4)24-22(26)17-9-11-18(12-10-17)27-14-13-15(2)3/h6-12,15H,5,13-14H2,1-4H3,(H,23,25)(H,24,26). The number of anilines is 2. The Kier molecular flexibility index (Phi) is 7.41. The van der Waals surface area contributed by atoms with Gasteiger partial charge in [-0.15, -0.1) is 0 Å². The highest BCUT2D eigenvalue weighted by molar-refractivity contribution is 6.05. The molecule has 2 N–H and O–H groups in total. The van der Waals surface area contributed by atoms with Gasteiger partial charge in [0.05, 0.1) is 6.61 Å². The molecule has 0 aromatic heterocycles. The first kappa shape index (κ1) is 20.5. The van der Waals surface area contributed by atoms with Crippen molar-refractivity contribution in [2.45, 2.75) is 40.5 Å². The highest BCUT2D eigenvalue weighted by Gasteiger charge is 2.11. The van der Waals surface area contributed by atoms with Crippen LogP contribution in [0.1, 0.15) is 49.5 Å². The number of hydrogen-bond acceptors (Lipinski definition) is 3. The quantitative estimate of drug-likeness (QED) is 0.687. The van der Waals surface area contributed by atoms with Crippen molar-refractivity contribution in [2.75, 3.05) is 17.2 Å². The molecule has 5 heteroatoms. The van der Waals surface area contributed by atoms with Gasteiger partial charge in [0.1, 0.15) is 5.75 Å². The summed E-state index contributed by atoms with van der Waals surface area (Å²) in [6, 6.07) is 12.6. The van der Waals surface area contributed by atoms with E-state index < -0.39 is 0 Å². The SMILES string of the molecule is CCC(=O)Nc1cccc(NC(=O)c2ccc(OCCC(C)C)cc2)c1C. The molecule has 2 aromatic carbocycles. The molecule has 2 rings (SSSR count). The Morgan fingerprint density at radius 3 is 2.22 bits per heavy atom. The summed E-state index contributed by atoms with van der Waals surface area (Å²) in [7, 11) is 0. The molecular weight excluding hydrogens is 340 g/mol. The second-order valence-corrected chi connectivity index (χ2v) is 6.89. The zero-order valence-electron chi connectivity index (χ0n) is 16.5. The minimum atomic E-state index is -0.203. The molecule has 0 atom stereocenters. The van der Waals surface area contributed by atoms with E-state index in [1.807, 2.05) is 19.1 Å². The monoisotopic (exact) mass is 368 g/mol. The zero-order valence-corrected chi connectivity index (χ0v) is 16.5. The maximum Gasteiger partial charge on any atom is 0.255 e. The third kappa shape index (κ3) is 6.13. The number of rotatable bonds is 8. The van der Waals surface area contributed by atoms with Gasteiger partial charge in [-0.25, -0.2) is 0 Å². The summed E-state index contributed by atoms with van der Waals surface area (Å²) < 4.78 is 5.68. The van der Waals surface area contributed by atoms with E-state index in [-0.39, 0.29) is 11.8 Å². The molecule has 5 nitrogen and oxygen atoms in total. The average molecular weight is 368 g/mol. The van der Waals surface area contributed by atoms with Crippen LogP contribution in [0.25, 0.3) is 0 Å². The predicted octanol–water partition coefficient (Wildman–Crippen LogP) is 5.02. The molecule has 0 spiro atoms. The van der Waals surface area contributed by atoms with Crippen molar-refractivity contribution in [3.05, 3.63) is 53.6 Å². The molecule has 0 aliphatic heterocycles. The van der Waals surface area contributed by atoms with Gasteiger partial charge in [-0.2, -0.15) is 0 Å². The van der Waals surface area contributed by atoms with Crippen molar-refractivity contribution in [1.82, 2.24) is 0 Å². The Hall–Kier alpha value is -2.82. The van der Waals surface area contributed by atoms with Crippen LogP contribution in [0.5, 0.6) is 5.75 Å². The first-order chi connectivity index (χ1) is 12.9. The van der Waals surface area contributed by atoms with E-state index in [0.717, 1.165) is 17.7 Å². The van der Waals surface area contributed by atoms with Gasteiger partial charge in [0.15, 0.2) is 0 Å². The number of ether oxygens (including phenoxy) is 1. The van der Waals surface area contributed by atoms with Crippen LogP contribution in [0.15, 0.2) is 42.5 Å². The number of carbonyl (C=O) groups excluding carboxylic acids is 2. The summed E-state index contributed by atoms with van der Waals surface area (Å²) in [5, 5.41) is 5.75. The molecule has 0 fully saturated rings. The van der Waals surface area contributed by atoms with Crippen molar-refractivity contribution >= 4 is 23.2 Å². The second-order valence-electron chi connectivity index (χ2n) is 6.89. The molecule has 0 bridgehead atoms. The molecular formula is C22H28N2O3. The van der Waals surface area contributed by atoms with Crippen molar-refractivity contribution < 1.29 is 14.3 Å². The fraction of sp³-hybridized carbons (Fsp3) is 0.364. The van der Waals surface area contributed by atoms with Crippen molar-refractivity contribution in [1.29, 1.82) is 0 Å². The minimum Gasteiger partial charge on any atom is -0.494 e. The molecule has 0 unspecified atom stereocenters. The van der Waals surface area contributed by atoms with E-state index in [0.29, 0.717) is 35.9 Å². The van der Waals surface area contributed by atoms with Crippen LogP contribution in [-0.2, 0) is 4.79 Å². The van der Waals surface area contributed by atoms with Gasteiger partial charge in [-0.3, -0.25) is 9.59 Å². The summed E-state index contributed by atoms with van der Waals surface area (Å²) in [6.07, 6.45) is 1.40. The fourth-order valence-corrected chi connectivity index (χ4v) is 2.45. The second kappa shape index (κ2) is 9.76. The smallest absolute Gasteiger partial charge is 0.255 e. The number of carbonyl (C=O) groups is 2. The fourth-order valence-electron chi connectivity index (χ4n) is 2.45. The zero-order chi connectivity index (χ0) is 19.8. The Bertz CT molecular complexity index is 783. The molecule has 2 amide bonds. The average Bonchev–Trinajstić information content (AvgIpc) is 2.65. The molecule has 0 radical (unpaired) electrons. The summed E-state index contributed by atoms with van der Waals surface area (Å²) in [5.41, 5.74) is 2.75. The molecule has 0 saturated carbocycles. The largest absolute Gasteiger partial charge is 0.494 e. The van der Waals surface area contributed by atoms with Gasteiger partial charge in [0.25, 0.3) is 5.91 Å². The molecule has 27 heavy (non-hydrogen) atoms. The van der Waals surface area contributed by atoms with Gasteiger partial charge >= 0.3 is 0 Å². The number of benzene rings is 2. The van der Waals surface area contributed by atoms with Crippen molar-refractivity contribution in [3.8, 4) is 5.75 Å². The topological polar surface area (TPSA) is 67.4 Å². The normalized spacial score (nSPS) is 10.6. The maximum atomic E-state index is 12.5. The Balaban J connectivity index is 2.02. The van der Waals surface area contributed by atoms with Gasteiger partial charge < -0.3 is 15.4 Å². The Morgan fingerprint density at radius 1 is 1.00 bits per heavy atom. The summed E-state index contributed by atoms with van der Waals surface area (Å²) in [4.78, 5) is 24.2. The third-order valence-corrected chi connectivity index (χ3v) is 4.26. The Labute approximate surface area is 161 Å². The van der Waals surface area contributed by atoms with E-state index in [2.05, 4.69) is 24.5 Å². The lowest BCUT2D eigenvalue weighted by Gasteiger charge is -2.13. The first-order valence-corrected chi connectivity index (χ1v) is 9.34. The van der Waals surface area contributed by atoms with E-state index >= 15 is 0 Å². The number of hydrogen-bond donors (Lipinski definition) is 2. The Morgan fingerprint density at radius 2 is 1.63 bits per heavy atom. The lowest BCUT2D eigenvalue weighted by molar-refractivity contribution is -0.115. The van der Waals surface area contributed by atoms with Gasteiger partial charge in [0, 0.05) is 23.4 Å². The molecule has 144 valence electrons. The van der Waals surface area contributed by atoms with Gasteiger partial charge in [0.2, 0.25) is 5.91 Å². The molecule has 0 heterocycles. The van der Waals surface area contributed by atoms with E-state index in [9.17, 15) is 9.59 Å². The number of amides is 2. The van der Waals surface area contributed by atoms with E-state index in [4.69, 9.17) is 4.74 Å². The van der Waals surface area contributed by atoms with E-state index in [1.165, 1.54) is 0 Å². The predicted molar refractivity (Wildman–Crippen MR) is 109 cm³/mol. The summed E-state index contributed by atoms with van der Waals surface area (Å²) in [6.45, 7) is 8.64. The minimum absolute atomic E-state index is 0.0605. The van der Waals surface area contributed by atoms with E-state index in [1.54, 1.807) is 37.3 Å². The summed E-state index contributed by atoms with van der Waals surface area (Å²) in [5.74, 6) is 1.09. The van der Waals surface area contributed by atoms with Crippen molar-refractivity contribution in [3.63, 3.8) is 0 Å². The van der Waals surface area contributed by atoms with Gasteiger partial charge in [-0.1, -0.05) is 26.8 Å². The van der Waals surface area contributed by atoms with Crippen LogP contribution in [-0.4, -0.2) is 18.4 Å². The van der Waals surface area contributed by atoms with Crippen LogP contribution >= 0.6 is 0 Å². The molecule has 0 aliphatic rings. The molecule has 2 aromatic rings. The third-order valence-electron chi connectivity index (χ3n) is 4.26. The van der Waals surface area contributed by atoms with Crippen LogP contribution < -0.4 is 15.4 Å². The first-order valence-electron chi connectivity index (χ1n) is 9.34. The van der Waals surface area contributed by atoms with Crippen molar-refractivity contribution in [2.24, 2.45) is 5.92 Å². The highest BCUT2D eigenvalue weighted by atomic mass is 16.5. The number of nitrogens with one attached hydrogen (secondary N) is 2.